The number of hydrogen-bond acceptors (Lipinski definition) is 6. The molecule has 9 heteroatoms. The quantitative estimate of drug-likeness (QED) is 0.669. The average Bonchev–Trinajstić information content (AvgIpc) is 3.44. The molecule has 0 bridgehead atoms. The van der Waals surface area contributed by atoms with Crippen molar-refractivity contribution in [2.24, 2.45) is 11.3 Å². The monoisotopic (exact) mass is 429 g/mol. The molecule has 31 heavy (non-hydrogen) atoms. The van der Waals surface area contributed by atoms with Crippen LogP contribution in [0.25, 0.3) is 11.7 Å². The number of aromatic nitrogens is 3. The van der Waals surface area contributed by atoms with Gasteiger partial charge in [-0.05, 0) is 37.0 Å². The molecule has 1 amide bonds. The molecule has 0 spiro atoms. The first kappa shape index (κ1) is 21.4. The van der Waals surface area contributed by atoms with Crippen LogP contribution in [-0.2, 0) is 11.3 Å². The van der Waals surface area contributed by atoms with Gasteiger partial charge >= 0.3 is 0 Å². The van der Waals surface area contributed by atoms with Crippen LogP contribution in [0.5, 0.6) is 5.88 Å². The van der Waals surface area contributed by atoms with Gasteiger partial charge < -0.3 is 20.9 Å². The Bertz CT molecular complexity index is 1080. The minimum absolute atomic E-state index is 0.0544. The number of carbonyl (C=O) groups is 1. The SMILES string of the molecule is CC(C)(C)Cn1c(O)c(C(=O)NC2CC2)c(=O)n2nc(N)c(/C=C/C3CCOCC3)c12. The fourth-order valence-corrected chi connectivity index (χ4v) is 3.88. The summed E-state index contributed by atoms with van der Waals surface area (Å²) in [5.74, 6) is -0.403. The lowest BCUT2D eigenvalue weighted by atomic mass is 9.96. The maximum atomic E-state index is 13.2. The second kappa shape index (κ2) is 8.03. The van der Waals surface area contributed by atoms with Crippen molar-refractivity contribution in [2.45, 2.75) is 59.0 Å². The molecule has 9 nitrogen and oxygen atoms in total. The molecule has 3 heterocycles. The zero-order valence-electron chi connectivity index (χ0n) is 18.4. The number of aromatic hydroxyl groups is 1. The van der Waals surface area contributed by atoms with Crippen LogP contribution in [0.2, 0.25) is 0 Å². The molecule has 0 radical (unpaired) electrons. The van der Waals surface area contributed by atoms with E-state index in [1.807, 2.05) is 26.8 Å². The van der Waals surface area contributed by atoms with Gasteiger partial charge in [0.15, 0.2) is 17.0 Å². The predicted molar refractivity (Wildman–Crippen MR) is 118 cm³/mol. The molecule has 0 aromatic carbocycles. The number of rotatable bonds is 5. The Hall–Kier alpha value is -2.81. The summed E-state index contributed by atoms with van der Waals surface area (Å²) in [6, 6.07) is 0.0544. The minimum Gasteiger partial charge on any atom is -0.494 e. The molecule has 1 aliphatic heterocycles. The number of fused-ring (bicyclic) bond motifs is 1. The Morgan fingerprint density at radius 1 is 1.29 bits per heavy atom. The van der Waals surface area contributed by atoms with Gasteiger partial charge in [-0.3, -0.25) is 14.2 Å². The van der Waals surface area contributed by atoms with Gasteiger partial charge in [-0.25, -0.2) is 0 Å². The first-order valence-electron chi connectivity index (χ1n) is 10.9. The second-order valence-electron chi connectivity index (χ2n) is 9.74. The lowest BCUT2D eigenvalue weighted by Crippen LogP contribution is -2.35. The number of nitrogen functional groups attached to an aromatic ring is 1. The van der Waals surface area contributed by atoms with Crippen molar-refractivity contribution < 1.29 is 14.6 Å². The van der Waals surface area contributed by atoms with E-state index < -0.39 is 11.5 Å². The summed E-state index contributed by atoms with van der Waals surface area (Å²) in [6.45, 7) is 7.85. The highest BCUT2D eigenvalue weighted by atomic mass is 16.5. The van der Waals surface area contributed by atoms with Crippen molar-refractivity contribution in [3.05, 3.63) is 27.6 Å². The van der Waals surface area contributed by atoms with Crippen molar-refractivity contribution in [3.63, 3.8) is 0 Å². The molecule has 1 aliphatic carbocycles. The Balaban J connectivity index is 1.87. The maximum Gasteiger partial charge on any atom is 0.291 e. The third-order valence-electron chi connectivity index (χ3n) is 5.64. The first-order chi connectivity index (χ1) is 14.7. The Morgan fingerprint density at radius 2 is 1.97 bits per heavy atom. The van der Waals surface area contributed by atoms with Crippen molar-refractivity contribution in [1.29, 1.82) is 0 Å². The second-order valence-corrected chi connectivity index (χ2v) is 9.74. The number of nitrogens with two attached hydrogens (primary N) is 1. The number of amides is 1. The highest BCUT2D eigenvalue weighted by Gasteiger charge is 2.31. The third-order valence-corrected chi connectivity index (χ3v) is 5.64. The fraction of sp³-hybridized carbons (Fsp3) is 0.591. The molecule has 4 rings (SSSR count). The Morgan fingerprint density at radius 3 is 2.58 bits per heavy atom. The smallest absolute Gasteiger partial charge is 0.291 e. The van der Waals surface area contributed by atoms with Crippen LogP contribution in [0, 0.1) is 11.3 Å². The Labute approximate surface area is 180 Å². The predicted octanol–water partition coefficient (Wildman–Crippen LogP) is 2.16. The van der Waals surface area contributed by atoms with Crippen LogP contribution in [0.3, 0.4) is 0 Å². The van der Waals surface area contributed by atoms with E-state index in [1.54, 1.807) is 4.57 Å². The van der Waals surface area contributed by atoms with Crippen molar-refractivity contribution >= 4 is 23.4 Å². The number of nitrogens with one attached hydrogen (secondary N) is 1. The average molecular weight is 430 g/mol. The van der Waals surface area contributed by atoms with Gasteiger partial charge in [-0.2, -0.15) is 4.52 Å². The van der Waals surface area contributed by atoms with Crippen LogP contribution >= 0.6 is 0 Å². The fourth-order valence-electron chi connectivity index (χ4n) is 3.88. The normalized spacial score (nSPS) is 18.2. The maximum absolute atomic E-state index is 13.2. The lowest BCUT2D eigenvalue weighted by molar-refractivity contribution is 0.0787. The molecule has 2 aromatic rings. The zero-order valence-corrected chi connectivity index (χ0v) is 18.4. The van der Waals surface area contributed by atoms with Gasteiger partial charge in [-0.15, -0.1) is 5.10 Å². The summed E-state index contributed by atoms with van der Waals surface area (Å²) in [5, 5.41) is 18.1. The molecule has 4 N–H and O–H groups in total. The van der Waals surface area contributed by atoms with Gasteiger partial charge in [0.05, 0.1) is 5.56 Å². The third kappa shape index (κ3) is 4.46. The van der Waals surface area contributed by atoms with Gasteiger partial charge in [-0.1, -0.05) is 32.9 Å². The van der Waals surface area contributed by atoms with Crippen LogP contribution in [0.15, 0.2) is 10.9 Å². The summed E-state index contributed by atoms with van der Waals surface area (Å²) >= 11 is 0. The molecular weight excluding hydrogens is 398 g/mol. The summed E-state index contributed by atoms with van der Waals surface area (Å²) in [5.41, 5.74) is 5.94. The molecule has 0 unspecified atom stereocenters. The first-order valence-corrected chi connectivity index (χ1v) is 10.9. The van der Waals surface area contributed by atoms with Crippen molar-refractivity contribution in [2.75, 3.05) is 18.9 Å². The van der Waals surface area contributed by atoms with Gasteiger partial charge in [0, 0.05) is 25.8 Å². The number of allylic oxidation sites excluding steroid dienone is 1. The summed E-state index contributed by atoms with van der Waals surface area (Å²) < 4.78 is 8.14. The standard InChI is InChI=1S/C22H31N5O4/c1-22(2,3)12-26-19-15(7-4-13-8-10-31-11-9-13)17(23)25-27(19)21(30)16(20(26)29)18(28)24-14-5-6-14/h4,7,13-14,29H,5-6,8-12H2,1-3H3,(H2,23,25)(H,24,28)/b7-4+. The van der Waals surface area contributed by atoms with Gasteiger partial charge in [0.1, 0.15) is 0 Å². The zero-order chi connectivity index (χ0) is 22.3. The van der Waals surface area contributed by atoms with E-state index in [-0.39, 0.29) is 28.7 Å². The van der Waals surface area contributed by atoms with Crippen molar-refractivity contribution in [3.8, 4) is 5.88 Å². The van der Waals surface area contributed by atoms with E-state index in [4.69, 9.17) is 10.5 Å². The van der Waals surface area contributed by atoms with Crippen LogP contribution in [-0.4, -0.2) is 44.5 Å². The van der Waals surface area contributed by atoms with Crippen LogP contribution in [0.4, 0.5) is 5.82 Å². The molecule has 2 aliphatic rings. The van der Waals surface area contributed by atoms with Crippen LogP contribution < -0.4 is 16.6 Å². The summed E-state index contributed by atoms with van der Waals surface area (Å²) in [4.78, 5) is 25.9. The van der Waals surface area contributed by atoms with E-state index in [2.05, 4.69) is 16.5 Å². The highest BCUT2D eigenvalue weighted by Crippen LogP contribution is 2.30. The molecule has 1 saturated heterocycles. The van der Waals surface area contributed by atoms with E-state index in [9.17, 15) is 14.7 Å². The van der Waals surface area contributed by atoms with Crippen molar-refractivity contribution in [1.82, 2.24) is 19.5 Å². The number of nitrogens with zero attached hydrogens (tertiary/aromatic N) is 3. The van der Waals surface area contributed by atoms with E-state index in [1.165, 1.54) is 0 Å². The highest BCUT2D eigenvalue weighted by molar-refractivity contribution is 5.97. The summed E-state index contributed by atoms with van der Waals surface area (Å²) in [7, 11) is 0. The molecule has 2 aromatic heterocycles. The molecule has 168 valence electrons. The number of hydrogen-bond donors (Lipinski definition) is 3. The Kier molecular flexibility index (Phi) is 5.55. The molecule has 0 atom stereocenters. The van der Waals surface area contributed by atoms with E-state index in [0.29, 0.717) is 36.9 Å². The number of carbonyl (C=O) groups excluding carboxylic acids is 1. The van der Waals surface area contributed by atoms with Crippen LogP contribution in [0.1, 0.15) is 62.4 Å². The minimum atomic E-state index is -0.673. The summed E-state index contributed by atoms with van der Waals surface area (Å²) in [6.07, 6.45) is 7.52. The topological polar surface area (TPSA) is 124 Å². The largest absolute Gasteiger partial charge is 0.494 e. The molecule has 2 fully saturated rings. The lowest BCUT2D eigenvalue weighted by Gasteiger charge is -2.23. The number of anilines is 1. The number of ether oxygens (including phenoxy) is 1. The van der Waals surface area contributed by atoms with E-state index >= 15 is 0 Å². The van der Waals surface area contributed by atoms with Gasteiger partial charge in [0.2, 0.25) is 5.88 Å². The molecular formula is C22H31N5O4. The molecule has 1 saturated carbocycles. The van der Waals surface area contributed by atoms with Gasteiger partial charge in [0.25, 0.3) is 11.5 Å². The van der Waals surface area contributed by atoms with E-state index in [0.717, 1.165) is 30.2 Å².